The minimum atomic E-state index is -5.08. The number of aliphatic carboxylic acids is 1. The largest absolute Gasteiger partial charge is 0.505 e. The van der Waals surface area contributed by atoms with Gasteiger partial charge in [0.25, 0.3) is 0 Å². The molecule has 0 spiro atoms. The average molecular weight is 507 g/mol. The highest BCUT2D eigenvalue weighted by Crippen LogP contribution is 2.40. The molecule has 0 atom stereocenters. The smallest absolute Gasteiger partial charge is 0.490 e. The number of hydrogen-bond donors (Lipinski definition) is 2. The number of carboxylic acids is 1. The Labute approximate surface area is 202 Å². The van der Waals surface area contributed by atoms with E-state index in [1.807, 2.05) is 12.1 Å². The minimum absolute atomic E-state index is 0.287. The minimum Gasteiger partial charge on any atom is -0.505 e. The summed E-state index contributed by atoms with van der Waals surface area (Å²) < 4.78 is 52.0. The molecule has 0 aliphatic carbocycles. The molecule has 0 radical (unpaired) electrons. The fourth-order valence-corrected chi connectivity index (χ4v) is 3.85. The Morgan fingerprint density at radius 1 is 1.03 bits per heavy atom. The number of fused-ring (bicyclic) bond motifs is 1. The van der Waals surface area contributed by atoms with Gasteiger partial charge in [0.05, 0.1) is 18.9 Å². The van der Waals surface area contributed by atoms with Crippen molar-refractivity contribution in [2.24, 2.45) is 0 Å². The van der Waals surface area contributed by atoms with E-state index in [0.717, 1.165) is 17.1 Å². The van der Waals surface area contributed by atoms with E-state index in [0.29, 0.717) is 50.9 Å². The molecular weight excluding hydrogens is 486 g/mol. The second-order valence-electron chi connectivity index (χ2n) is 7.82. The number of benzene rings is 1. The Bertz CT molecular complexity index is 1240. The van der Waals surface area contributed by atoms with E-state index in [1.54, 1.807) is 24.5 Å². The van der Waals surface area contributed by atoms with Gasteiger partial charge < -0.3 is 24.7 Å². The lowest BCUT2D eigenvalue weighted by Crippen LogP contribution is -2.37. The SMILES string of the molecule is O=C(O)C(F)(F)F.Oc1cccc(-c2nc(N3CCOCC3)nc3c2CCN3c2ccncc2)c1F. The van der Waals surface area contributed by atoms with E-state index in [9.17, 15) is 22.7 Å². The Morgan fingerprint density at radius 3 is 2.33 bits per heavy atom. The van der Waals surface area contributed by atoms with Gasteiger partial charge >= 0.3 is 12.1 Å². The molecule has 0 bridgehead atoms. The molecule has 2 aromatic heterocycles. The third kappa shape index (κ3) is 5.30. The fourth-order valence-electron chi connectivity index (χ4n) is 3.85. The number of phenols is 1. The molecule has 2 aliphatic heterocycles. The second-order valence-corrected chi connectivity index (χ2v) is 7.82. The number of hydrogen-bond acceptors (Lipinski definition) is 8. The van der Waals surface area contributed by atoms with Crippen LogP contribution in [-0.2, 0) is 16.0 Å². The van der Waals surface area contributed by atoms with Gasteiger partial charge in [-0.2, -0.15) is 18.2 Å². The average Bonchev–Trinajstić information content (AvgIpc) is 3.30. The third-order valence-electron chi connectivity index (χ3n) is 5.56. The lowest BCUT2D eigenvalue weighted by Gasteiger charge is -2.28. The van der Waals surface area contributed by atoms with Gasteiger partial charge in [-0.15, -0.1) is 0 Å². The number of alkyl halides is 3. The Kier molecular flexibility index (Phi) is 7.20. The summed E-state index contributed by atoms with van der Waals surface area (Å²) in [5.74, 6) is -2.49. The van der Waals surface area contributed by atoms with Gasteiger partial charge in [-0.3, -0.25) is 4.98 Å². The maximum atomic E-state index is 14.8. The summed E-state index contributed by atoms with van der Waals surface area (Å²) >= 11 is 0. The lowest BCUT2D eigenvalue weighted by molar-refractivity contribution is -0.192. The van der Waals surface area contributed by atoms with Gasteiger partial charge in [0.2, 0.25) is 5.95 Å². The number of pyridine rings is 1. The molecule has 190 valence electrons. The summed E-state index contributed by atoms with van der Waals surface area (Å²) in [6, 6.07) is 8.48. The summed E-state index contributed by atoms with van der Waals surface area (Å²) in [4.78, 5) is 26.7. The van der Waals surface area contributed by atoms with Crippen molar-refractivity contribution in [2.75, 3.05) is 42.6 Å². The van der Waals surface area contributed by atoms with Crippen molar-refractivity contribution in [2.45, 2.75) is 12.6 Å². The van der Waals surface area contributed by atoms with Gasteiger partial charge in [0.1, 0.15) is 5.82 Å². The van der Waals surface area contributed by atoms with E-state index in [1.165, 1.54) is 6.07 Å². The summed E-state index contributed by atoms with van der Waals surface area (Å²) in [7, 11) is 0. The standard InChI is InChI=1S/C21H20FN5O2.C2HF3O2/c22-18-15(2-1-3-17(18)28)19-16-6-9-27(14-4-7-23-8-5-14)20(16)25-21(24-19)26-10-12-29-13-11-26;3-2(4,5)1(6)7/h1-5,7-8,28H,6,9-13H2;(H,6,7). The van der Waals surface area contributed by atoms with Crippen LogP contribution in [-0.4, -0.2) is 70.2 Å². The number of aromatic hydroxyl groups is 1. The Hall–Kier alpha value is -4.00. The first-order chi connectivity index (χ1) is 17.2. The van der Waals surface area contributed by atoms with E-state index in [4.69, 9.17) is 24.6 Å². The van der Waals surface area contributed by atoms with Gasteiger partial charge in [0, 0.05) is 48.8 Å². The lowest BCUT2D eigenvalue weighted by atomic mass is 10.0. The van der Waals surface area contributed by atoms with Crippen LogP contribution < -0.4 is 9.80 Å². The van der Waals surface area contributed by atoms with Crippen molar-refractivity contribution >= 4 is 23.4 Å². The number of phenolic OH excluding ortho intramolecular Hbond substituents is 1. The molecule has 4 heterocycles. The quantitative estimate of drug-likeness (QED) is 0.514. The number of ether oxygens (including phenoxy) is 1. The van der Waals surface area contributed by atoms with Crippen LogP contribution in [0, 0.1) is 5.82 Å². The van der Waals surface area contributed by atoms with Crippen LogP contribution in [0.5, 0.6) is 5.75 Å². The molecule has 3 aromatic rings. The predicted molar refractivity (Wildman–Crippen MR) is 121 cm³/mol. The van der Waals surface area contributed by atoms with E-state index < -0.39 is 18.0 Å². The molecule has 1 fully saturated rings. The number of rotatable bonds is 3. The molecule has 9 nitrogen and oxygen atoms in total. The molecule has 2 N–H and O–H groups in total. The molecule has 1 saturated heterocycles. The maximum Gasteiger partial charge on any atom is 0.490 e. The first kappa shape index (κ1) is 25.1. The summed E-state index contributed by atoms with van der Waals surface area (Å²) in [5, 5.41) is 17.0. The van der Waals surface area contributed by atoms with Crippen molar-refractivity contribution in [3.8, 4) is 17.0 Å². The van der Waals surface area contributed by atoms with Crippen molar-refractivity contribution < 1.29 is 37.3 Å². The van der Waals surface area contributed by atoms with Crippen molar-refractivity contribution in [1.82, 2.24) is 15.0 Å². The topological polar surface area (TPSA) is 112 Å². The molecule has 36 heavy (non-hydrogen) atoms. The van der Waals surface area contributed by atoms with E-state index in [-0.39, 0.29) is 11.3 Å². The molecule has 0 amide bonds. The number of halogens is 4. The highest BCUT2D eigenvalue weighted by molar-refractivity contribution is 5.77. The molecule has 5 rings (SSSR count). The van der Waals surface area contributed by atoms with Crippen LogP contribution in [0.3, 0.4) is 0 Å². The number of carbonyl (C=O) groups is 1. The first-order valence-electron chi connectivity index (χ1n) is 10.9. The molecule has 13 heteroatoms. The van der Waals surface area contributed by atoms with E-state index in [2.05, 4.69) is 14.8 Å². The van der Waals surface area contributed by atoms with Crippen LogP contribution in [0.1, 0.15) is 5.56 Å². The van der Waals surface area contributed by atoms with Crippen LogP contribution in [0.2, 0.25) is 0 Å². The molecule has 1 aromatic carbocycles. The normalized spacial score (nSPS) is 15.2. The fraction of sp³-hybridized carbons (Fsp3) is 0.304. The van der Waals surface area contributed by atoms with Gasteiger partial charge in [0.15, 0.2) is 11.6 Å². The monoisotopic (exact) mass is 507 g/mol. The Morgan fingerprint density at radius 2 is 1.69 bits per heavy atom. The summed E-state index contributed by atoms with van der Waals surface area (Å²) in [5.41, 5.74) is 2.67. The van der Waals surface area contributed by atoms with Gasteiger partial charge in [-0.1, -0.05) is 6.07 Å². The number of anilines is 3. The third-order valence-corrected chi connectivity index (χ3v) is 5.56. The molecule has 0 unspecified atom stereocenters. The van der Waals surface area contributed by atoms with Crippen LogP contribution >= 0.6 is 0 Å². The van der Waals surface area contributed by atoms with Crippen molar-refractivity contribution in [1.29, 1.82) is 0 Å². The summed E-state index contributed by atoms with van der Waals surface area (Å²) in [6.45, 7) is 3.27. The number of morpholine rings is 1. The molecule has 0 saturated carbocycles. The first-order valence-corrected chi connectivity index (χ1v) is 10.9. The van der Waals surface area contributed by atoms with Crippen LogP contribution in [0.4, 0.5) is 35.0 Å². The second kappa shape index (κ2) is 10.3. The zero-order valence-electron chi connectivity index (χ0n) is 18.7. The van der Waals surface area contributed by atoms with Crippen LogP contribution in [0.15, 0.2) is 42.7 Å². The van der Waals surface area contributed by atoms with Crippen molar-refractivity contribution in [3.05, 3.63) is 54.1 Å². The van der Waals surface area contributed by atoms with Crippen LogP contribution in [0.25, 0.3) is 11.3 Å². The van der Waals surface area contributed by atoms with Crippen molar-refractivity contribution in [3.63, 3.8) is 0 Å². The van der Waals surface area contributed by atoms with Gasteiger partial charge in [-0.05, 0) is 30.7 Å². The summed E-state index contributed by atoms with van der Waals surface area (Å²) in [6.07, 6.45) is -0.911. The highest BCUT2D eigenvalue weighted by atomic mass is 19.4. The zero-order chi connectivity index (χ0) is 25.9. The molecule has 2 aliphatic rings. The maximum absolute atomic E-state index is 14.8. The zero-order valence-corrected chi connectivity index (χ0v) is 18.7. The highest BCUT2D eigenvalue weighted by Gasteiger charge is 2.38. The molecular formula is C23H21F4N5O4. The number of aromatic nitrogens is 3. The predicted octanol–water partition coefficient (Wildman–Crippen LogP) is 3.55. The number of carboxylic acid groups (broad SMARTS) is 1. The van der Waals surface area contributed by atoms with E-state index >= 15 is 0 Å². The Balaban J connectivity index is 0.000000384. The van der Waals surface area contributed by atoms with Gasteiger partial charge in [-0.25, -0.2) is 14.2 Å². The number of nitrogens with zero attached hydrogens (tertiary/aromatic N) is 5.